The minimum atomic E-state index is -3.08. The molecule has 0 saturated carbocycles. The molecule has 2 aliphatic rings. The third-order valence-electron chi connectivity index (χ3n) is 4.64. The number of halogens is 2. The predicted octanol–water partition coefficient (Wildman–Crippen LogP) is 2.78. The molecule has 0 aliphatic carbocycles. The van der Waals surface area contributed by atoms with E-state index >= 15 is 0 Å². The van der Waals surface area contributed by atoms with Gasteiger partial charge >= 0.3 is 6.09 Å². The molecule has 138 valence electrons. The lowest BCUT2D eigenvalue weighted by atomic mass is 9.98. The van der Waals surface area contributed by atoms with E-state index in [1.54, 1.807) is 0 Å². The Morgan fingerprint density at radius 2 is 2.00 bits per heavy atom. The Morgan fingerprint density at radius 1 is 1.27 bits per heavy atom. The smallest absolute Gasteiger partial charge is 0.410 e. The quantitative estimate of drug-likeness (QED) is 0.810. The molecule has 1 unspecified atom stereocenters. The summed E-state index contributed by atoms with van der Waals surface area (Å²) in [6.07, 6.45) is 0.576. The summed E-state index contributed by atoms with van der Waals surface area (Å²) in [7, 11) is 0. The Morgan fingerprint density at radius 3 is 2.65 bits per heavy atom. The number of benzene rings is 1. The van der Waals surface area contributed by atoms with Crippen molar-refractivity contribution in [1.29, 1.82) is 5.26 Å². The number of alkyl halides is 2. The van der Waals surface area contributed by atoms with E-state index in [0.717, 1.165) is 17.7 Å². The zero-order valence-electron chi connectivity index (χ0n) is 14.2. The summed E-state index contributed by atoms with van der Waals surface area (Å²) in [6, 6.07) is 7.05. The minimum Gasteiger partial charge on any atom is -0.410 e. The summed E-state index contributed by atoms with van der Waals surface area (Å²) in [5.41, 5.74) is 0.401. The van der Waals surface area contributed by atoms with Crippen molar-refractivity contribution in [3.63, 3.8) is 0 Å². The fourth-order valence-electron chi connectivity index (χ4n) is 3.40. The number of likely N-dealkylation sites (tertiary alicyclic amines) is 2. The first-order valence-corrected chi connectivity index (χ1v) is 8.52. The van der Waals surface area contributed by atoms with E-state index in [1.807, 2.05) is 6.07 Å². The van der Waals surface area contributed by atoms with Gasteiger partial charge in [0, 0.05) is 25.9 Å². The van der Waals surface area contributed by atoms with Gasteiger partial charge in [0.25, 0.3) is 5.92 Å². The molecule has 2 saturated heterocycles. The van der Waals surface area contributed by atoms with Crippen molar-refractivity contribution in [2.45, 2.75) is 37.6 Å². The van der Waals surface area contributed by atoms with E-state index in [2.05, 4.69) is 0 Å². The van der Waals surface area contributed by atoms with E-state index < -0.39 is 31.0 Å². The molecule has 1 atom stereocenters. The molecule has 0 aromatic heterocycles. The normalized spacial score (nSPS) is 22.7. The Kier molecular flexibility index (Phi) is 5.07. The van der Waals surface area contributed by atoms with Crippen LogP contribution in [0.25, 0.3) is 0 Å². The second-order valence-electron chi connectivity index (χ2n) is 6.64. The van der Waals surface area contributed by atoms with Crippen LogP contribution >= 0.6 is 0 Å². The zero-order chi connectivity index (χ0) is 18.7. The first kappa shape index (κ1) is 18.1. The maximum atomic E-state index is 14.2. The molecule has 0 N–H and O–H groups in total. The van der Waals surface area contributed by atoms with Gasteiger partial charge in [-0.1, -0.05) is 0 Å². The number of amides is 2. The lowest BCUT2D eigenvalue weighted by Gasteiger charge is -2.43. The van der Waals surface area contributed by atoms with Crippen molar-refractivity contribution in [3.05, 3.63) is 29.8 Å². The van der Waals surface area contributed by atoms with Gasteiger partial charge in [-0.3, -0.25) is 9.69 Å². The highest BCUT2D eigenvalue weighted by molar-refractivity contribution is 5.77. The molecule has 2 heterocycles. The molecule has 26 heavy (non-hydrogen) atoms. The standard InChI is InChI=1S/C18H19F2N3O3/c19-18(20)9-14(23-8-2-1-3-16(23)24)11-22(12-18)17(25)26-15-6-4-13(10-21)5-7-15/h4-7,14H,1-3,8-9,11-12H2. The fraction of sp³-hybridized carbons (Fsp3) is 0.500. The molecule has 8 heteroatoms. The fourth-order valence-corrected chi connectivity index (χ4v) is 3.40. The summed E-state index contributed by atoms with van der Waals surface area (Å²) >= 11 is 0. The van der Waals surface area contributed by atoms with Crippen LogP contribution in [0.2, 0.25) is 0 Å². The van der Waals surface area contributed by atoms with Crippen molar-refractivity contribution in [2.75, 3.05) is 19.6 Å². The largest absolute Gasteiger partial charge is 0.415 e. The van der Waals surface area contributed by atoms with Gasteiger partial charge in [0.05, 0.1) is 24.2 Å². The SMILES string of the molecule is N#Cc1ccc(OC(=O)N2CC(N3CCCCC3=O)CC(F)(F)C2)cc1. The Bertz CT molecular complexity index is 730. The molecule has 2 aliphatic heterocycles. The predicted molar refractivity (Wildman–Crippen MR) is 87.7 cm³/mol. The number of piperidine rings is 2. The third kappa shape index (κ3) is 4.10. The first-order valence-electron chi connectivity index (χ1n) is 8.52. The van der Waals surface area contributed by atoms with Gasteiger partial charge in [-0.25, -0.2) is 13.6 Å². The van der Waals surface area contributed by atoms with Crippen LogP contribution in [0, 0.1) is 11.3 Å². The van der Waals surface area contributed by atoms with Gasteiger partial charge in [0.1, 0.15) is 5.75 Å². The van der Waals surface area contributed by atoms with Crippen LogP contribution in [-0.4, -0.2) is 53.4 Å². The summed E-state index contributed by atoms with van der Waals surface area (Å²) < 4.78 is 33.5. The highest BCUT2D eigenvalue weighted by Crippen LogP contribution is 2.31. The second kappa shape index (κ2) is 7.28. The Balaban J connectivity index is 1.70. The lowest BCUT2D eigenvalue weighted by Crippen LogP contribution is -2.59. The second-order valence-corrected chi connectivity index (χ2v) is 6.64. The van der Waals surface area contributed by atoms with Crippen LogP contribution in [0.4, 0.5) is 13.6 Å². The Hall–Kier alpha value is -2.69. The Labute approximate surface area is 149 Å². The molecule has 3 rings (SSSR count). The van der Waals surface area contributed by atoms with Crippen molar-refractivity contribution >= 4 is 12.0 Å². The zero-order valence-corrected chi connectivity index (χ0v) is 14.2. The van der Waals surface area contributed by atoms with Gasteiger partial charge in [-0.2, -0.15) is 5.26 Å². The average Bonchev–Trinajstić information content (AvgIpc) is 2.61. The molecular weight excluding hydrogens is 344 g/mol. The van der Waals surface area contributed by atoms with E-state index in [1.165, 1.54) is 29.2 Å². The van der Waals surface area contributed by atoms with E-state index in [0.29, 0.717) is 18.5 Å². The van der Waals surface area contributed by atoms with Gasteiger partial charge in [-0.15, -0.1) is 0 Å². The molecule has 2 amide bonds. The molecule has 0 bridgehead atoms. The highest BCUT2D eigenvalue weighted by Gasteiger charge is 2.45. The summed E-state index contributed by atoms with van der Waals surface area (Å²) in [5.74, 6) is -3.04. The number of nitriles is 1. The monoisotopic (exact) mass is 363 g/mol. The van der Waals surface area contributed by atoms with Crippen LogP contribution in [0.3, 0.4) is 0 Å². The molecule has 2 fully saturated rings. The van der Waals surface area contributed by atoms with Gasteiger partial charge < -0.3 is 9.64 Å². The molecule has 0 spiro atoms. The summed E-state index contributed by atoms with van der Waals surface area (Å²) in [4.78, 5) is 26.8. The summed E-state index contributed by atoms with van der Waals surface area (Å²) in [6.45, 7) is -0.269. The number of hydrogen-bond acceptors (Lipinski definition) is 4. The number of carbonyl (C=O) groups is 2. The first-order chi connectivity index (χ1) is 12.4. The van der Waals surface area contributed by atoms with Gasteiger partial charge in [-0.05, 0) is 37.1 Å². The number of ether oxygens (including phenoxy) is 1. The number of nitrogens with zero attached hydrogens (tertiary/aromatic N) is 3. The molecule has 1 aromatic carbocycles. The number of carbonyl (C=O) groups excluding carboxylic acids is 2. The van der Waals surface area contributed by atoms with Gasteiger partial charge in [0.15, 0.2) is 0 Å². The molecule has 6 nitrogen and oxygen atoms in total. The highest BCUT2D eigenvalue weighted by atomic mass is 19.3. The molecule has 1 aromatic rings. The maximum Gasteiger partial charge on any atom is 0.415 e. The topological polar surface area (TPSA) is 73.6 Å². The van der Waals surface area contributed by atoms with Crippen LogP contribution in [0.1, 0.15) is 31.2 Å². The molecular formula is C18H19F2N3O3. The van der Waals surface area contributed by atoms with Gasteiger partial charge in [0.2, 0.25) is 5.91 Å². The summed E-state index contributed by atoms with van der Waals surface area (Å²) in [5, 5.41) is 8.76. The van der Waals surface area contributed by atoms with Crippen molar-refractivity contribution in [1.82, 2.24) is 9.80 Å². The number of rotatable bonds is 2. The lowest BCUT2D eigenvalue weighted by molar-refractivity contribution is -0.142. The van der Waals surface area contributed by atoms with Crippen LogP contribution in [-0.2, 0) is 4.79 Å². The number of hydrogen-bond donors (Lipinski definition) is 0. The van der Waals surface area contributed by atoms with E-state index in [-0.39, 0.29) is 18.2 Å². The van der Waals surface area contributed by atoms with Crippen molar-refractivity contribution in [3.8, 4) is 11.8 Å². The van der Waals surface area contributed by atoms with E-state index in [4.69, 9.17) is 10.00 Å². The van der Waals surface area contributed by atoms with Crippen molar-refractivity contribution in [2.24, 2.45) is 0 Å². The van der Waals surface area contributed by atoms with Crippen LogP contribution < -0.4 is 4.74 Å². The minimum absolute atomic E-state index is 0.0242. The van der Waals surface area contributed by atoms with Crippen LogP contribution in [0.15, 0.2) is 24.3 Å². The van der Waals surface area contributed by atoms with Crippen LogP contribution in [0.5, 0.6) is 5.75 Å². The molecule has 0 radical (unpaired) electrons. The maximum absolute atomic E-state index is 14.2. The van der Waals surface area contributed by atoms with Crippen molar-refractivity contribution < 1.29 is 23.1 Å². The third-order valence-corrected chi connectivity index (χ3v) is 4.64. The average molecular weight is 363 g/mol. The van der Waals surface area contributed by atoms with E-state index in [9.17, 15) is 18.4 Å².